The van der Waals surface area contributed by atoms with Crippen LogP contribution < -0.4 is 14.9 Å². The van der Waals surface area contributed by atoms with Crippen molar-refractivity contribution in [1.29, 1.82) is 0 Å². The number of aliphatic hydroxyl groups excluding tert-OH is 1. The smallest absolute Gasteiger partial charge is 0.313 e. The Balaban J connectivity index is 2.03. The molecule has 1 saturated heterocycles. The number of carbonyl (C=O) groups excluding carboxylic acids is 2. The zero-order valence-electron chi connectivity index (χ0n) is 12.5. The minimum atomic E-state index is -3.30. The van der Waals surface area contributed by atoms with Crippen molar-refractivity contribution in [1.82, 2.24) is 5.32 Å². The number of nitrogens with one attached hydrogen (secondary N) is 2. The number of rotatable bonds is 5. The van der Waals surface area contributed by atoms with E-state index in [1.165, 1.54) is 10.4 Å². The highest BCUT2D eigenvalue weighted by molar-refractivity contribution is 7.93. The first kappa shape index (κ1) is 17.2. The summed E-state index contributed by atoms with van der Waals surface area (Å²) in [5, 5.41) is 13.4. The molecule has 0 bridgehead atoms. The van der Waals surface area contributed by atoms with Crippen molar-refractivity contribution >= 4 is 33.2 Å². The van der Waals surface area contributed by atoms with Crippen molar-refractivity contribution < 1.29 is 23.1 Å². The molecule has 9 heteroatoms. The van der Waals surface area contributed by atoms with E-state index in [2.05, 4.69) is 10.6 Å². The zero-order valence-corrected chi connectivity index (χ0v) is 13.3. The molecule has 1 aromatic rings. The van der Waals surface area contributed by atoms with Gasteiger partial charge in [-0.1, -0.05) is 6.07 Å². The van der Waals surface area contributed by atoms with Crippen LogP contribution in [0.1, 0.15) is 12.8 Å². The van der Waals surface area contributed by atoms with Gasteiger partial charge in [0.2, 0.25) is 10.0 Å². The molecule has 0 spiro atoms. The Morgan fingerprint density at radius 3 is 2.70 bits per heavy atom. The molecule has 0 unspecified atom stereocenters. The second-order valence-electron chi connectivity index (χ2n) is 5.08. The number of aliphatic hydroxyl groups is 1. The summed E-state index contributed by atoms with van der Waals surface area (Å²) < 4.78 is 25.1. The number of sulfonamides is 1. The van der Waals surface area contributed by atoms with Gasteiger partial charge in [-0.25, -0.2) is 8.42 Å². The molecule has 1 aromatic carbocycles. The molecule has 1 aliphatic rings. The van der Waals surface area contributed by atoms with E-state index in [0.717, 1.165) is 0 Å². The SMILES string of the molecule is O=C(NCCCO)C(=O)Nc1cccc(N2CCCS2(=O)=O)c1. The normalized spacial score (nSPS) is 16.1. The largest absolute Gasteiger partial charge is 0.396 e. The Kier molecular flexibility index (Phi) is 5.56. The van der Waals surface area contributed by atoms with E-state index in [9.17, 15) is 18.0 Å². The molecular weight excluding hydrogens is 322 g/mol. The fourth-order valence-electron chi connectivity index (χ4n) is 2.22. The van der Waals surface area contributed by atoms with Crippen LogP contribution in [0.4, 0.5) is 11.4 Å². The molecule has 0 saturated carbocycles. The quantitative estimate of drug-likeness (QED) is 0.501. The molecule has 1 heterocycles. The topological polar surface area (TPSA) is 116 Å². The Hall–Kier alpha value is -2.13. The van der Waals surface area contributed by atoms with Crippen LogP contribution in [0.2, 0.25) is 0 Å². The van der Waals surface area contributed by atoms with Crippen LogP contribution in [0.5, 0.6) is 0 Å². The van der Waals surface area contributed by atoms with Gasteiger partial charge in [0.1, 0.15) is 0 Å². The van der Waals surface area contributed by atoms with Gasteiger partial charge in [-0.05, 0) is 31.0 Å². The van der Waals surface area contributed by atoms with Crippen LogP contribution in [-0.2, 0) is 19.6 Å². The third-order valence-electron chi connectivity index (χ3n) is 3.32. The predicted molar refractivity (Wildman–Crippen MR) is 85.5 cm³/mol. The van der Waals surface area contributed by atoms with Gasteiger partial charge in [-0.3, -0.25) is 13.9 Å². The van der Waals surface area contributed by atoms with Crippen molar-refractivity contribution in [3.05, 3.63) is 24.3 Å². The lowest BCUT2D eigenvalue weighted by Gasteiger charge is -2.17. The number of hydrogen-bond donors (Lipinski definition) is 3. The van der Waals surface area contributed by atoms with Crippen LogP contribution in [0, 0.1) is 0 Å². The fourth-order valence-corrected chi connectivity index (χ4v) is 3.77. The van der Waals surface area contributed by atoms with E-state index >= 15 is 0 Å². The molecule has 2 amide bonds. The van der Waals surface area contributed by atoms with Crippen molar-refractivity contribution in [2.75, 3.05) is 35.1 Å². The molecule has 23 heavy (non-hydrogen) atoms. The van der Waals surface area contributed by atoms with Gasteiger partial charge in [0.05, 0.1) is 11.4 Å². The monoisotopic (exact) mass is 341 g/mol. The van der Waals surface area contributed by atoms with Crippen LogP contribution >= 0.6 is 0 Å². The van der Waals surface area contributed by atoms with E-state index in [4.69, 9.17) is 5.11 Å². The standard InChI is InChI=1S/C14H19N3O5S/c18-8-2-6-15-13(19)14(20)16-11-4-1-5-12(10-11)17-7-3-9-23(17,21)22/h1,4-5,10,18H,2-3,6-9H2,(H,15,19)(H,16,20). The maximum Gasteiger partial charge on any atom is 0.313 e. The van der Waals surface area contributed by atoms with E-state index in [0.29, 0.717) is 30.8 Å². The van der Waals surface area contributed by atoms with Crippen LogP contribution in [0.15, 0.2) is 24.3 Å². The van der Waals surface area contributed by atoms with Gasteiger partial charge in [-0.15, -0.1) is 0 Å². The Morgan fingerprint density at radius 2 is 2.04 bits per heavy atom. The highest BCUT2D eigenvalue weighted by Gasteiger charge is 2.28. The highest BCUT2D eigenvalue weighted by Crippen LogP contribution is 2.26. The van der Waals surface area contributed by atoms with Gasteiger partial charge in [0.25, 0.3) is 0 Å². The highest BCUT2D eigenvalue weighted by atomic mass is 32.2. The second-order valence-corrected chi connectivity index (χ2v) is 7.09. The average molecular weight is 341 g/mol. The van der Waals surface area contributed by atoms with Crippen LogP contribution in [0.3, 0.4) is 0 Å². The summed E-state index contributed by atoms with van der Waals surface area (Å²) in [4.78, 5) is 23.3. The van der Waals surface area contributed by atoms with Gasteiger partial charge in [0, 0.05) is 25.4 Å². The summed E-state index contributed by atoms with van der Waals surface area (Å²) in [5.74, 6) is -1.54. The van der Waals surface area contributed by atoms with Crippen molar-refractivity contribution in [2.45, 2.75) is 12.8 Å². The molecular formula is C14H19N3O5S. The van der Waals surface area contributed by atoms with Crippen molar-refractivity contribution in [2.24, 2.45) is 0 Å². The van der Waals surface area contributed by atoms with E-state index in [-0.39, 0.29) is 18.9 Å². The number of amides is 2. The summed E-state index contributed by atoms with van der Waals surface area (Å²) in [7, 11) is -3.30. The third kappa shape index (κ3) is 4.42. The fraction of sp³-hybridized carbons (Fsp3) is 0.429. The maximum absolute atomic E-state index is 11.9. The lowest BCUT2D eigenvalue weighted by Crippen LogP contribution is -2.36. The van der Waals surface area contributed by atoms with Gasteiger partial charge in [0.15, 0.2) is 0 Å². The van der Waals surface area contributed by atoms with E-state index in [1.54, 1.807) is 18.2 Å². The molecule has 8 nitrogen and oxygen atoms in total. The molecule has 3 N–H and O–H groups in total. The molecule has 0 atom stereocenters. The lowest BCUT2D eigenvalue weighted by atomic mass is 10.2. The van der Waals surface area contributed by atoms with Crippen LogP contribution in [-0.4, -0.2) is 50.8 Å². The van der Waals surface area contributed by atoms with E-state index < -0.39 is 21.8 Å². The molecule has 0 aromatic heterocycles. The van der Waals surface area contributed by atoms with E-state index in [1.807, 2.05) is 0 Å². The van der Waals surface area contributed by atoms with Crippen LogP contribution in [0.25, 0.3) is 0 Å². The lowest BCUT2D eigenvalue weighted by molar-refractivity contribution is -0.136. The number of nitrogens with zero attached hydrogens (tertiary/aromatic N) is 1. The van der Waals surface area contributed by atoms with Gasteiger partial charge >= 0.3 is 11.8 Å². The second kappa shape index (κ2) is 7.42. The van der Waals surface area contributed by atoms with Crippen molar-refractivity contribution in [3.63, 3.8) is 0 Å². The summed E-state index contributed by atoms with van der Waals surface area (Å²) in [6, 6.07) is 6.34. The molecule has 1 fully saturated rings. The number of anilines is 2. The number of benzene rings is 1. The number of hydrogen-bond acceptors (Lipinski definition) is 5. The summed E-state index contributed by atoms with van der Waals surface area (Å²) >= 11 is 0. The average Bonchev–Trinajstić information content (AvgIpc) is 2.87. The predicted octanol–water partition coefficient (Wildman–Crippen LogP) is -0.336. The summed E-state index contributed by atoms with van der Waals surface area (Å²) in [5.41, 5.74) is 0.799. The molecule has 1 aliphatic heterocycles. The first-order valence-corrected chi connectivity index (χ1v) is 8.85. The minimum absolute atomic E-state index is 0.0751. The minimum Gasteiger partial charge on any atom is -0.396 e. The third-order valence-corrected chi connectivity index (χ3v) is 5.19. The Labute approximate surface area is 134 Å². The summed E-state index contributed by atoms with van der Waals surface area (Å²) in [6.07, 6.45) is 0.924. The first-order valence-electron chi connectivity index (χ1n) is 7.24. The zero-order chi connectivity index (χ0) is 16.9. The summed E-state index contributed by atoms with van der Waals surface area (Å²) in [6.45, 7) is 0.532. The molecule has 126 valence electrons. The maximum atomic E-state index is 11.9. The van der Waals surface area contributed by atoms with Crippen molar-refractivity contribution in [3.8, 4) is 0 Å². The van der Waals surface area contributed by atoms with Gasteiger partial charge < -0.3 is 15.7 Å². The molecule has 2 rings (SSSR count). The molecule has 0 radical (unpaired) electrons. The number of carbonyl (C=O) groups is 2. The van der Waals surface area contributed by atoms with Gasteiger partial charge in [-0.2, -0.15) is 0 Å². The Bertz CT molecular complexity index is 689. The molecule has 0 aliphatic carbocycles. The Morgan fingerprint density at radius 1 is 1.26 bits per heavy atom. The first-order chi connectivity index (χ1) is 10.9.